The number of benzene rings is 2. The van der Waals surface area contributed by atoms with Crippen molar-refractivity contribution in [1.82, 2.24) is 9.97 Å². The minimum absolute atomic E-state index is 0.174. The van der Waals surface area contributed by atoms with Gasteiger partial charge in [0.25, 0.3) is 5.91 Å². The molecule has 0 spiro atoms. The van der Waals surface area contributed by atoms with Crippen molar-refractivity contribution in [3.63, 3.8) is 0 Å². The van der Waals surface area contributed by atoms with E-state index < -0.39 is 5.91 Å². The van der Waals surface area contributed by atoms with Crippen molar-refractivity contribution >= 4 is 17.4 Å². The van der Waals surface area contributed by atoms with Gasteiger partial charge in [0, 0.05) is 5.69 Å². The zero-order valence-corrected chi connectivity index (χ0v) is 15.8. The summed E-state index contributed by atoms with van der Waals surface area (Å²) in [7, 11) is 1.61. The highest BCUT2D eigenvalue weighted by molar-refractivity contribution is 6.02. The summed E-state index contributed by atoms with van der Waals surface area (Å²) in [4.78, 5) is 20.5. The van der Waals surface area contributed by atoms with Crippen LogP contribution >= 0.6 is 0 Å². The van der Waals surface area contributed by atoms with Gasteiger partial charge < -0.3 is 20.1 Å². The normalized spacial score (nSPS) is 9.93. The maximum Gasteiger partial charge on any atom is 0.275 e. The molecule has 0 aliphatic heterocycles. The van der Waals surface area contributed by atoms with Crippen molar-refractivity contribution in [3.05, 3.63) is 72.2 Å². The molecule has 29 heavy (non-hydrogen) atoms. The number of carbonyl (C=O) groups excluding carboxylic acids is 1. The second-order valence-corrected chi connectivity index (χ2v) is 5.88. The maximum atomic E-state index is 12.2. The topological polar surface area (TPSA) is 109 Å². The van der Waals surface area contributed by atoms with Crippen LogP contribution in [-0.2, 0) is 0 Å². The van der Waals surface area contributed by atoms with Crippen LogP contribution in [0.15, 0.2) is 60.9 Å². The molecule has 0 fully saturated rings. The molecule has 0 aliphatic rings. The van der Waals surface area contributed by atoms with Gasteiger partial charge in [0.1, 0.15) is 29.6 Å². The summed E-state index contributed by atoms with van der Waals surface area (Å²) < 4.78 is 10.7. The third-order valence-corrected chi connectivity index (χ3v) is 3.87. The van der Waals surface area contributed by atoms with Crippen LogP contribution < -0.4 is 20.1 Å². The number of anilines is 2. The van der Waals surface area contributed by atoms with Crippen LogP contribution in [-0.4, -0.2) is 36.1 Å². The van der Waals surface area contributed by atoms with Crippen LogP contribution in [0.3, 0.4) is 0 Å². The van der Waals surface area contributed by atoms with Gasteiger partial charge in [0.2, 0.25) is 0 Å². The molecule has 1 heterocycles. The van der Waals surface area contributed by atoms with E-state index in [1.807, 2.05) is 30.3 Å². The summed E-state index contributed by atoms with van der Waals surface area (Å²) >= 11 is 0. The highest BCUT2D eigenvalue weighted by atomic mass is 16.5. The Kier molecular flexibility index (Phi) is 6.58. The van der Waals surface area contributed by atoms with Crippen LogP contribution in [0.2, 0.25) is 0 Å². The van der Waals surface area contributed by atoms with Gasteiger partial charge in [-0.1, -0.05) is 6.07 Å². The minimum Gasteiger partial charge on any atom is -0.497 e. The highest BCUT2D eigenvalue weighted by Crippen LogP contribution is 2.17. The zero-order chi connectivity index (χ0) is 20.5. The molecule has 0 bridgehead atoms. The lowest BCUT2D eigenvalue weighted by Crippen LogP contribution is -2.16. The monoisotopic (exact) mass is 389 g/mol. The van der Waals surface area contributed by atoms with Gasteiger partial charge >= 0.3 is 0 Å². The fourth-order valence-electron chi connectivity index (χ4n) is 2.42. The maximum absolute atomic E-state index is 12.2. The zero-order valence-electron chi connectivity index (χ0n) is 15.8. The standard InChI is InChI=1S/C21H19N5O3/c1-28-17-5-7-18(8-6-17)29-10-9-23-20-14-24-19(13-25-20)21(27)26-16-4-2-3-15(11-16)12-22/h2-8,11,13-14H,9-10H2,1H3,(H,23,25)(H,26,27). The third-order valence-electron chi connectivity index (χ3n) is 3.87. The molecule has 8 heteroatoms. The number of nitrogens with one attached hydrogen (secondary N) is 2. The van der Waals surface area contributed by atoms with E-state index in [4.69, 9.17) is 14.7 Å². The predicted molar refractivity (Wildman–Crippen MR) is 108 cm³/mol. The molecular weight excluding hydrogens is 370 g/mol. The Labute approximate surface area is 168 Å². The number of hydrogen-bond donors (Lipinski definition) is 2. The lowest BCUT2D eigenvalue weighted by molar-refractivity contribution is 0.102. The molecule has 3 aromatic rings. The van der Waals surface area contributed by atoms with Gasteiger partial charge in [-0.15, -0.1) is 0 Å². The van der Waals surface area contributed by atoms with Crippen molar-refractivity contribution in [2.24, 2.45) is 0 Å². The molecule has 0 saturated carbocycles. The summed E-state index contributed by atoms with van der Waals surface area (Å²) in [6, 6.07) is 16.0. The molecule has 3 rings (SSSR count). The molecule has 1 aromatic heterocycles. The van der Waals surface area contributed by atoms with E-state index in [0.29, 0.717) is 30.2 Å². The first-order valence-corrected chi connectivity index (χ1v) is 8.82. The number of amides is 1. The quantitative estimate of drug-likeness (QED) is 0.570. The van der Waals surface area contributed by atoms with Crippen molar-refractivity contribution < 1.29 is 14.3 Å². The molecule has 146 valence electrons. The first-order chi connectivity index (χ1) is 14.2. The summed E-state index contributed by atoms with van der Waals surface area (Å²) in [5.41, 5.74) is 1.16. The van der Waals surface area contributed by atoms with Gasteiger partial charge in [-0.3, -0.25) is 4.79 Å². The molecule has 2 N–H and O–H groups in total. The smallest absolute Gasteiger partial charge is 0.275 e. The van der Waals surface area contributed by atoms with E-state index in [2.05, 4.69) is 20.6 Å². The van der Waals surface area contributed by atoms with Crippen molar-refractivity contribution in [2.75, 3.05) is 30.9 Å². The first-order valence-electron chi connectivity index (χ1n) is 8.82. The number of rotatable bonds is 8. The van der Waals surface area contributed by atoms with Crippen LogP contribution in [0.5, 0.6) is 11.5 Å². The number of nitrogens with zero attached hydrogens (tertiary/aromatic N) is 3. The molecule has 1 amide bonds. The van der Waals surface area contributed by atoms with E-state index in [0.717, 1.165) is 11.5 Å². The fourth-order valence-corrected chi connectivity index (χ4v) is 2.42. The molecular formula is C21H19N5O3. The van der Waals surface area contributed by atoms with Gasteiger partial charge in [-0.2, -0.15) is 5.26 Å². The average Bonchev–Trinajstić information content (AvgIpc) is 2.77. The van der Waals surface area contributed by atoms with Crippen LogP contribution in [0.1, 0.15) is 16.1 Å². The minimum atomic E-state index is -0.401. The Morgan fingerprint density at radius 2 is 1.90 bits per heavy atom. The number of nitriles is 1. The molecule has 0 atom stereocenters. The molecule has 0 radical (unpaired) electrons. The Morgan fingerprint density at radius 3 is 2.59 bits per heavy atom. The van der Waals surface area contributed by atoms with Gasteiger partial charge in [0.15, 0.2) is 0 Å². The van der Waals surface area contributed by atoms with E-state index in [1.165, 1.54) is 12.4 Å². The van der Waals surface area contributed by atoms with Gasteiger partial charge in [-0.25, -0.2) is 9.97 Å². The summed E-state index contributed by atoms with van der Waals surface area (Å²) in [5.74, 6) is 1.65. The van der Waals surface area contributed by atoms with Crippen LogP contribution in [0.25, 0.3) is 0 Å². The average molecular weight is 389 g/mol. The Hall–Kier alpha value is -4.12. The second kappa shape index (κ2) is 9.71. The van der Waals surface area contributed by atoms with E-state index in [9.17, 15) is 4.79 Å². The largest absolute Gasteiger partial charge is 0.497 e. The van der Waals surface area contributed by atoms with Crippen LogP contribution in [0.4, 0.5) is 11.5 Å². The number of methoxy groups -OCH3 is 1. The number of aromatic nitrogens is 2. The lowest BCUT2D eigenvalue weighted by atomic mass is 10.2. The molecule has 0 aliphatic carbocycles. The number of carbonyl (C=O) groups is 1. The summed E-state index contributed by atoms with van der Waals surface area (Å²) in [5, 5.41) is 14.7. The molecule has 2 aromatic carbocycles. The second-order valence-electron chi connectivity index (χ2n) is 5.88. The van der Waals surface area contributed by atoms with Gasteiger partial charge in [-0.05, 0) is 42.5 Å². The Bertz CT molecular complexity index is 998. The van der Waals surface area contributed by atoms with Crippen molar-refractivity contribution in [3.8, 4) is 17.6 Å². The van der Waals surface area contributed by atoms with E-state index >= 15 is 0 Å². The van der Waals surface area contributed by atoms with Crippen molar-refractivity contribution in [1.29, 1.82) is 5.26 Å². The summed E-state index contributed by atoms with van der Waals surface area (Å²) in [6.45, 7) is 0.957. The Balaban J connectivity index is 1.46. The molecule has 0 saturated heterocycles. The van der Waals surface area contributed by atoms with E-state index in [-0.39, 0.29) is 5.69 Å². The predicted octanol–water partition coefficient (Wildman–Crippen LogP) is 3.10. The van der Waals surface area contributed by atoms with Crippen LogP contribution in [0, 0.1) is 11.3 Å². The van der Waals surface area contributed by atoms with Gasteiger partial charge in [0.05, 0.1) is 37.7 Å². The lowest BCUT2D eigenvalue weighted by Gasteiger charge is -2.09. The summed E-state index contributed by atoms with van der Waals surface area (Å²) in [6.07, 6.45) is 2.87. The third kappa shape index (κ3) is 5.68. The number of hydrogen-bond acceptors (Lipinski definition) is 7. The SMILES string of the molecule is COc1ccc(OCCNc2cnc(C(=O)Nc3cccc(C#N)c3)cn2)cc1. The highest BCUT2D eigenvalue weighted by Gasteiger charge is 2.09. The first kappa shape index (κ1) is 19.6. The Morgan fingerprint density at radius 1 is 1.10 bits per heavy atom. The number of ether oxygens (including phenoxy) is 2. The molecule has 0 unspecified atom stereocenters. The fraction of sp³-hybridized carbons (Fsp3) is 0.143. The molecule has 8 nitrogen and oxygen atoms in total. The van der Waals surface area contributed by atoms with Crippen molar-refractivity contribution in [2.45, 2.75) is 0 Å². The van der Waals surface area contributed by atoms with E-state index in [1.54, 1.807) is 31.4 Å².